The first kappa shape index (κ1) is 14.0. The molecule has 0 aliphatic heterocycles. The van der Waals surface area contributed by atoms with Crippen LogP contribution in [0.3, 0.4) is 0 Å². The standard InChI is InChI=1S/C13H10F3N3O/c14-13(15,16)8-19-12(20)11-6-9(3-5-18-11)10-2-1-4-17-7-10/h1-7H,8H2,(H,19,20). The van der Waals surface area contributed by atoms with E-state index in [4.69, 9.17) is 0 Å². The van der Waals surface area contributed by atoms with Crippen molar-refractivity contribution in [3.8, 4) is 11.1 Å². The first-order valence-electron chi connectivity index (χ1n) is 5.67. The summed E-state index contributed by atoms with van der Waals surface area (Å²) in [6, 6.07) is 6.57. The fourth-order valence-electron chi connectivity index (χ4n) is 1.54. The van der Waals surface area contributed by atoms with Gasteiger partial charge in [0.2, 0.25) is 0 Å². The largest absolute Gasteiger partial charge is 0.405 e. The third-order valence-corrected chi connectivity index (χ3v) is 2.44. The molecular formula is C13H10F3N3O. The quantitative estimate of drug-likeness (QED) is 0.940. The monoisotopic (exact) mass is 281 g/mol. The van der Waals surface area contributed by atoms with E-state index in [1.54, 1.807) is 35.9 Å². The van der Waals surface area contributed by atoms with Gasteiger partial charge in [0.05, 0.1) is 0 Å². The molecule has 1 N–H and O–H groups in total. The number of carbonyl (C=O) groups is 1. The van der Waals surface area contributed by atoms with Gasteiger partial charge in [0.15, 0.2) is 0 Å². The molecule has 0 saturated heterocycles. The Balaban J connectivity index is 2.16. The van der Waals surface area contributed by atoms with Gasteiger partial charge in [0.1, 0.15) is 12.2 Å². The molecule has 2 heterocycles. The van der Waals surface area contributed by atoms with Crippen molar-refractivity contribution in [2.24, 2.45) is 0 Å². The van der Waals surface area contributed by atoms with E-state index in [1.165, 1.54) is 12.3 Å². The summed E-state index contributed by atoms with van der Waals surface area (Å²) in [4.78, 5) is 19.3. The summed E-state index contributed by atoms with van der Waals surface area (Å²) >= 11 is 0. The van der Waals surface area contributed by atoms with Gasteiger partial charge in [0, 0.05) is 24.2 Å². The van der Waals surface area contributed by atoms with Crippen molar-refractivity contribution in [2.45, 2.75) is 6.18 Å². The van der Waals surface area contributed by atoms with Gasteiger partial charge in [-0.25, -0.2) is 0 Å². The molecule has 0 radical (unpaired) electrons. The fraction of sp³-hybridized carbons (Fsp3) is 0.154. The molecule has 0 aliphatic rings. The number of nitrogens with one attached hydrogen (secondary N) is 1. The number of alkyl halides is 3. The van der Waals surface area contributed by atoms with E-state index in [2.05, 4.69) is 9.97 Å². The second-order valence-corrected chi connectivity index (χ2v) is 3.97. The van der Waals surface area contributed by atoms with Crippen LogP contribution < -0.4 is 5.32 Å². The SMILES string of the molecule is O=C(NCC(F)(F)F)c1cc(-c2cccnc2)ccn1. The number of pyridine rings is 2. The predicted molar refractivity (Wildman–Crippen MR) is 65.9 cm³/mol. The minimum atomic E-state index is -4.45. The highest BCUT2D eigenvalue weighted by molar-refractivity contribution is 5.93. The summed E-state index contributed by atoms with van der Waals surface area (Å²) in [5.41, 5.74) is 1.33. The predicted octanol–water partition coefficient (Wildman–Crippen LogP) is 2.44. The van der Waals surface area contributed by atoms with Gasteiger partial charge in [-0.2, -0.15) is 13.2 Å². The Bertz CT molecular complexity index is 599. The molecule has 20 heavy (non-hydrogen) atoms. The molecule has 0 atom stereocenters. The molecule has 0 aliphatic carbocycles. The summed E-state index contributed by atoms with van der Waals surface area (Å²) in [6.07, 6.45) is 0.107. The summed E-state index contributed by atoms with van der Waals surface area (Å²) < 4.78 is 36.1. The second-order valence-electron chi connectivity index (χ2n) is 3.97. The first-order valence-corrected chi connectivity index (χ1v) is 5.67. The lowest BCUT2D eigenvalue weighted by Gasteiger charge is -2.08. The molecule has 0 spiro atoms. The number of rotatable bonds is 3. The van der Waals surface area contributed by atoms with Crippen LogP contribution in [-0.4, -0.2) is 28.6 Å². The smallest absolute Gasteiger partial charge is 0.342 e. The number of hydrogen-bond acceptors (Lipinski definition) is 3. The Morgan fingerprint density at radius 1 is 1.20 bits per heavy atom. The lowest BCUT2D eigenvalue weighted by Crippen LogP contribution is -2.34. The maximum Gasteiger partial charge on any atom is 0.405 e. The zero-order valence-electron chi connectivity index (χ0n) is 10.2. The van der Waals surface area contributed by atoms with Crippen LogP contribution in [-0.2, 0) is 0 Å². The molecule has 0 saturated carbocycles. The fourth-order valence-corrected chi connectivity index (χ4v) is 1.54. The number of hydrogen-bond donors (Lipinski definition) is 1. The minimum Gasteiger partial charge on any atom is -0.342 e. The molecule has 0 bridgehead atoms. The summed E-state index contributed by atoms with van der Waals surface area (Å²) in [7, 11) is 0. The average Bonchev–Trinajstić information content (AvgIpc) is 2.45. The summed E-state index contributed by atoms with van der Waals surface area (Å²) in [6.45, 7) is -1.38. The van der Waals surface area contributed by atoms with Gasteiger partial charge in [-0.15, -0.1) is 0 Å². The first-order chi connectivity index (χ1) is 9.46. The molecular weight excluding hydrogens is 271 g/mol. The number of halogens is 3. The molecule has 2 rings (SSSR count). The van der Waals surface area contributed by atoms with Crippen LogP contribution >= 0.6 is 0 Å². The van der Waals surface area contributed by atoms with Gasteiger partial charge in [-0.3, -0.25) is 14.8 Å². The molecule has 2 aromatic heterocycles. The Hall–Kier alpha value is -2.44. The number of nitrogens with zero attached hydrogens (tertiary/aromatic N) is 2. The van der Waals surface area contributed by atoms with Crippen molar-refractivity contribution >= 4 is 5.91 Å². The number of amides is 1. The lowest BCUT2D eigenvalue weighted by molar-refractivity contribution is -0.123. The van der Waals surface area contributed by atoms with Crippen molar-refractivity contribution in [3.63, 3.8) is 0 Å². The minimum absolute atomic E-state index is 0.0735. The van der Waals surface area contributed by atoms with Gasteiger partial charge in [0.25, 0.3) is 5.91 Å². The molecule has 7 heteroatoms. The molecule has 1 amide bonds. The van der Waals surface area contributed by atoms with Crippen LogP contribution in [0, 0.1) is 0 Å². The highest BCUT2D eigenvalue weighted by Crippen LogP contribution is 2.18. The highest BCUT2D eigenvalue weighted by atomic mass is 19.4. The highest BCUT2D eigenvalue weighted by Gasteiger charge is 2.28. The van der Waals surface area contributed by atoms with E-state index in [1.807, 2.05) is 0 Å². The van der Waals surface area contributed by atoms with Gasteiger partial charge in [-0.05, 0) is 23.8 Å². The van der Waals surface area contributed by atoms with Crippen molar-refractivity contribution in [2.75, 3.05) is 6.54 Å². The zero-order valence-corrected chi connectivity index (χ0v) is 10.2. The van der Waals surface area contributed by atoms with E-state index in [0.717, 1.165) is 5.56 Å². The van der Waals surface area contributed by atoms with Crippen molar-refractivity contribution in [1.82, 2.24) is 15.3 Å². The summed E-state index contributed by atoms with van der Waals surface area (Å²) in [5.74, 6) is -0.868. The zero-order chi connectivity index (χ0) is 14.6. The van der Waals surface area contributed by atoms with Crippen LogP contribution in [0.25, 0.3) is 11.1 Å². The Morgan fingerprint density at radius 3 is 2.65 bits per heavy atom. The van der Waals surface area contributed by atoms with Gasteiger partial charge < -0.3 is 5.32 Å². The number of carbonyl (C=O) groups excluding carboxylic acids is 1. The second kappa shape index (κ2) is 5.68. The maximum absolute atomic E-state index is 12.0. The number of aromatic nitrogens is 2. The van der Waals surface area contributed by atoms with Crippen LogP contribution in [0.2, 0.25) is 0 Å². The Morgan fingerprint density at radius 2 is 2.00 bits per heavy atom. The Labute approximate surface area is 112 Å². The third kappa shape index (κ3) is 3.78. The molecule has 4 nitrogen and oxygen atoms in total. The van der Waals surface area contributed by atoms with Crippen molar-refractivity contribution in [1.29, 1.82) is 0 Å². The van der Waals surface area contributed by atoms with Gasteiger partial charge >= 0.3 is 6.18 Å². The van der Waals surface area contributed by atoms with Crippen LogP contribution in [0.5, 0.6) is 0 Å². The normalized spacial score (nSPS) is 11.2. The van der Waals surface area contributed by atoms with Crippen LogP contribution in [0.15, 0.2) is 42.9 Å². The van der Waals surface area contributed by atoms with Crippen molar-refractivity contribution in [3.05, 3.63) is 48.5 Å². The van der Waals surface area contributed by atoms with Crippen LogP contribution in [0.4, 0.5) is 13.2 Å². The molecule has 2 aromatic rings. The van der Waals surface area contributed by atoms with E-state index in [0.29, 0.717) is 5.56 Å². The average molecular weight is 281 g/mol. The molecule has 104 valence electrons. The lowest BCUT2D eigenvalue weighted by atomic mass is 10.1. The topological polar surface area (TPSA) is 54.9 Å². The van der Waals surface area contributed by atoms with E-state index in [9.17, 15) is 18.0 Å². The van der Waals surface area contributed by atoms with E-state index in [-0.39, 0.29) is 5.69 Å². The third-order valence-electron chi connectivity index (χ3n) is 2.44. The van der Waals surface area contributed by atoms with E-state index >= 15 is 0 Å². The van der Waals surface area contributed by atoms with Crippen molar-refractivity contribution < 1.29 is 18.0 Å². The van der Waals surface area contributed by atoms with Gasteiger partial charge in [-0.1, -0.05) is 6.07 Å². The van der Waals surface area contributed by atoms with Crippen LogP contribution in [0.1, 0.15) is 10.5 Å². The molecule has 0 aromatic carbocycles. The maximum atomic E-state index is 12.0. The Kier molecular flexibility index (Phi) is 3.97. The molecule has 0 unspecified atom stereocenters. The van der Waals surface area contributed by atoms with E-state index < -0.39 is 18.6 Å². The summed E-state index contributed by atoms with van der Waals surface area (Å²) in [5, 5.41) is 1.78. The molecule has 0 fully saturated rings.